The number of hydrogen-bond acceptors (Lipinski definition) is 2. The minimum absolute atomic E-state index is 0.276. The molecule has 0 atom stereocenters. The molecule has 0 aliphatic heterocycles. The summed E-state index contributed by atoms with van der Waals surface area (Å²) >= 11 is 9.77. The van der Waals surface area contributed by atoms with Crippen LogP contribution in [0, 0.1) is 19.7 Å². The molecule has 1 heterocycles. The van der Waals surface area contributed by atoms with E-state index in [-0.39, 0.29) is 5.82 Å². The smallest absolute Gasteiger partial charge is 0.161 e. The predicted molar refractivity (Wildman–Crippen MR) is 87.1 cm³/mol. The molecule has 2 aromatic carbocycles. The fourth-order valence-corrected chi connectivity index (χ4v) is 2.82. The van der Waals surface area contributed by atoms with Gasteiger partial charge in [-0.05, 0) is 55.3 Å². The summed E-state index contributed by atoms with van der Waals surface area (Å²) in [5.41, 5.74) is 3.35. The number of fused-ring (bicyclic) bond motifs is 1. The summed E-state index contributed by atoms with van der Waals surface area (Å²) in [5.74, 6) is 0.230. The Hall–Kier alpha value is -1.52. The van der Waals surface area contributed by atoms with Crippen molar-refractivity contribution in [2.45, 2.75) is 13.8 Å². The van der Waals surface area contributed by atoms with Crippen LogP contribution in [0.25, 0.3) is 22.3 Å². The maximum atomic E-state index is 13.2. The third-order valence-corrected chi connectivity index (χ3v) is 4.59. The minimum Gasteiger partial charge on any atom is -0.228 e. The van der Waals surface area contributed by atoms with E-state index in [1.54, 1.807) is 6.07 Å². The SMILES string of the molecule is Cc1cc(F)ccc1-c1nc(Cl)c2ccc(Br)c(C)c2n1. The van der Waals surface area contributed by atoms with Gasteiger partial charge in [0, 0.05) is 15.4 Å². The van der Waals surface area contributed by atoms with Crippen LogP contribution in [0.3, 0.4) is 0 Å². The van der Waals surface area contributed by atoms with Crippen LogP contribution in [-0.4, -0.2) is 9.97 Å². The van der Waals surface area contributed by atoms with Gasteiger partial charge in [-0.3, -0.25) is 0 Å². The molecule has 1 aromatic heterocycles. The zero-order valence-corrected chi connectivity index (χ0v) is 13.8. The Morgan fingerprint density at radius 2 is 1.86 bits per heavy atom. The van der Waals surface area contributed by atoms with Gasteiger partial charge in [-0.25, -0.2) is 14.4 Å². The average molecular weight is 366 g/mol. The molecule has 0 unspecified atom stereocenters. The molecule has 5 heteroatoms. The lowest BCUT2D eigenvalue weighted by Crippen LogP contribution is -1.96. The second-order valence-corrected chi connectivity index (χ2v) is 6.08. The van der Waals surface area contributed by atoms with Crippen LogP contribution in [0.2, 0.25) is 5.15 Å². The van der Waals surface area contributed by atoms with E-state index < -0.39 is 0 Å². The molecule has 0 N–H and O–H groups in total. The average Bonchev–Trinajstić information content (AvgIpc) is 2.43. The number of rotatable bonds is 1. The zero-order chi connectivity index (χ0) is 15.1. The summed E-state index contributed by atoms with van der Waals surface area (Å²) in [6, 6.07) is 8.35. The lowest BCUT2D eigenvalue weighted by molar-refractivity contribution is 0.627. The molecule has 0 radical (unpaired) electrons. The monoisotopic (exact) mass is 364 g/mol. The van der Waals surface area contributed by atoms with E-state index in [0.717, 1.165) is 32.1 Å². The Labute approximate surface area is 135 Å². The molecule has 0 saturated heterocycles. The van der Waals surface area contributed by atoms with Crippen LogP contribution in [0.15, 0.2) is 34.8 Å². The van der Waals surface area contributed by atoms with E-state index in [9.17, 15) is 4.39 Å². The number of halogens is 3. The van der Waals surface area contributed by atoms with Crippen LogP contribution < -0.4 is 0 Å². The van der Waals surface area contributed by atoms with Gasteiger partial charge >= 0.3 is 0 Å². The lowest BCUT2D eigenvalue weighted by atomic mass is 10.1. The minimum atomic E-state index is -0.276. The van der Waals surface area contributed by atoms with Crippen LogP contribution in [0.5, 0.6) is 0 Å². The molecule has 0 bridgehead atoms. The molecule has 0 saturated carbocycles. The molecular formula is C16H11BrClFN2. The topological polar surface area (TPSA) is 25.8 Å². The molecule has 0 amide bonds. The first-order valence-electron chi connectivity index (χ1n) is 6.36. The second-order valence-electron chi connectivity index (χ2n) is 4.87. The Bertz CT molecular complexity index is 865. The zero-order valence-electron chi connectivity index (χ0n) is 11.4. The summed E-state index contributed by atoms with van der Waals surface area (Å²) in [4.78, 5) is 8.96. The largest absolute Gasteiger partial charge is 0.228 e. The lowest BCUT2D eigenvalue weighted by Gasteiger charge is -2.09. The van der Waals surface area contributed by atoms with E-state index in [1.807, 2.05) is 26.0 Å². The van der Waals surface area contributed by atoms with Crippen molar-refractivity contribution in [3.05, 3.63) is 56.9 Å². The molecule has 3 rings (SSSR count). The van der Waals surface area contributed by atoms with Crippen LogP contribution >= 0.6 is 27.5 Å². The van der Waals surface area contributed by atoms with E-state index in [0.29, 0.717) is 11.0 Å². The normalized spacial score (nSPS) is 11.1. The van der Waals surface area contributed by atoms with Gasteiger partial charge in [0.15, 0.2) is 5.82 Å². The van der Waals surface area contributed by atoms with Crippen molar-refractivity contribution in [2.24, 2.45) is 0 Å². The molecular weight excluding hydrogens is 355 g/mol. The van der Waals surface area contributed by atoms with Gasteiger partial charge in [-0.1, -0.05) is 27.5 Å². The number of aromatic nitrogens is 2. The number of benzene rings is 2. The molecule has 0 aliphatic carbocycles. The van der Waals surface area contributed by atoms with Crippen LogP contribution in [0.4, 0.5) is 4.39 Å². The van der Waals surface area contributed by atoms with Crippen LogP contribution in [-0.2, 0) is 0 Å². The summed E-state index contributed by atoms with van der Waals surface area (Å²) in [5, 5.41) is 1.20. The number of nitrogens with zero attached hydrogens (tertiary/aromatic N) is 2. The highest BCUT2D eigenvalue weighted by Gasteiger charge is 2.13. The van der Waals surface area contributed by atoms with Gasteiger partial charge in [0.05, 0.1) is 5.52 Å². The van der Waals surface area contributed by atoms with Gasteiger partial charge in [0.2, 0.25) is 0 Å². The third-order valence-electron chi connectivity index (χ3n) is 3.44. The van der Waals surface area contributed by atoms with Crippen LogP contribution in [0.1, 0.15) is 11.1 Å². The third kappa shape index (κ3) is 2.54. The summed E-state index contributed by atoms with van der Waals surface area (Å²) in [6.45, 7) is 3.80. The summed E-state index contributed by atoms with van der Waals surface area (Å²) in [7, 11) is 0. The van der Waals surface area contributed by atoms with E-state index >= 15 is 0 Å². The Morgan fingerprint density at radius 3 is 2.57 bits per heavy atom. The highest BCUT2D eigenvalue weighted by Crippen LogP contribution is 2.31. The first-order valence-corrected chi connectivity index (χ1v) is 7.53. The molecule has 0 spiro atoms. The van der Waals surface area contributed by atoms with E-state index in [4.69, 9.17) is 11.6 Å². The Balaban J connectivity index is 2.31. The van der Waals surface area contributed by atoms with Gasteiger partial charge in [-0.2, -0.15) is 0 Å². The predicted octanol–water partition coefficient (Wildman–Crippen LogP) is 5.47. The molecule has 0 aliphatic rings. The molecule has 2 nitrogen and oxygen atoms in total. The molecule has 0 fully saturated rings. The molecule has 106 valence electrons. The standard InChI is InChI=1S/C16H11BrClFN2/c1-8-7-10(19)3-4-11(8)16-20-14-9(2)13(17)6-5-12(14)15(18)21-16/h3-7H,1-2H3. The summed E-state index contributed by atoms with van der Waals surface area (Å²) in [6.07, 6.45) is 0. The van der Waals surface area contributed by atoms with Crippen molar-refractivity contribution in [3.8, 4) is 11.4 Å². The first kappa shape index (κ1) is 14.4. The maximum Gasteiger partial charge on any atom is 0.161 e. The van der Waals surface area contributed by atoms with Crippen molar-refractivity contribution < 1.29 is 4.39 Å². The van der Waals surface area contributed by atoms with Crippen molar-refractivity contribution in [1.29, 1.82) is 0 Å². The van der Waals surface area contributed by atoms with Gasteiger partial charge in [-0.15, -0.1) is 0 Å². The Kier molecular flexibility index (Phi) is 3.68. The second kappa shape index (κ2) is 5.35. The van der Waals surface area contributed by atoms with Crippen molar-refractivity contribution in [1.82, 2.24) is 9.97 Å². The number of hydrogen-bond donors (Lipinski definition) is 0. The van der Waals surface area contributed by atoms with Gasteiger partial charge < -0.3 is 0 Å². The molecule has 3 aromatic rings. The quantitative estimate of drug-likeness (QED) is 0.534. The van der Waals surface area contributed by atoms with Gasteiger partial charge in [0.1, 0.15) is 11.0 Å². The Morgan fingerprint density at radius 1 is 1.10 bits per heavy atom. The van der Waals surface area contributed by atoms with Crippen molar-refractivity contribution in [2.75, 3.05) is 0 Å². The van der Waals surface area contributed by atoms with Crippen molar-refractivity contribution >= 4 is 38.4 Å². The van der Waals surface area contributed by atoms with Gasteiger partial charge in [0.25, 0.3) is 0 Å². The van der Waals surface area contributed by atoms with E-state index in [2.05, 4.69) is 25.9 Å². The highest BCUT2D eigenvalue weighted by molar-refractivity contribution is 9.10. The number of aryl methyl sites for hydroxylation is 2. The fraction of sp³-hybridized carbons (Fsp3) is 0.125. The molecule has 21 heavy (non-hydrogen) atoms. The van der Waals surface area contributed by atoms with Crippen molar-refractivity contribution in [3.63, 3.8) is 0 Å². The highest BCUT2D eigenvalue weighted by atomic mass is 79.9. The summed E-state index contributed by atoms with van der Waals surface area (Å²) < 4.78 is 14.2. The fourth-order valence-electron chi connectivity index (χ4n) is 2.27. The maximum absolute atomic E-state index is 13.2. The first-order chi connectivity index (χ1) is 9.97. The van der Waals surface area contributed by atoms with E-state index in [1.165, 1.54) is 12.1 Å².